The Hall–Kier alpha value is -1.91. The van der Waals surface area contributed by atoms with Crippen LogP contribution in [0.15, 0.2) is 83.3 Å². The highest BCUT2D eigenvalue weighted by molar-refractivity contribution is 9.10. The van der Waals surface area contributed by atoms with Gasteiger partial charge in [-0.2, -0.15) is 0 Å². The standard InChI is InChI=1S/C14H11BrO2.C7H7Br/c15-13-6-7-14(12(8-13)9-16)17-10-11-4-2-1-3-5-11;8-6-7-4-2-1-3-5-7/h1-9H,10H2;1-5H,6H2. The predicted molar refractivity (Wildman–Crippen MR) is 109 cm³/mol. The predicted octanol–water partition coefficient (Wildman–Crippen LogP) is 6.42. The summed E-state index contributed by atoms with van der Waals surface area (Å²) in [6.45, 7) is 0.462. The van der Waals surface area contributed by atoms with Crippen LogP contribution < -0.4 is 4.74 Å². The van der Waals surface area contributed by atoms with Crippen molar-refractivity contribution >= 4 is 38.1 Å². The molecule has 0 amide bonds. The molecule has 3 aromatic carbocycles. The van der Waals surface area contributed by atoms with Crippen molar-refractivity contribution in [2.24, 2.45) is 0 Å². The van der Waals surface area contributed by atoms with Crippen LogP contribution in [0.25, 0.3) is 0 Å². The smallest absolute Gasteiger partial charge is 0.153 e. The third kappa shape index (κ3) is 6.85. The van der Waals surface area contributed by atoms with E-state index in [-0.39, 0.29) is 0 Å². The molecule has 0 saturated carbocycles. The quantitative estimate of drug-likeness (QED) is 0.323. The number of carbonyl (C=O) groups is 1. The van der Waals surface area contributed by atoms with Crippen molar-refractivity contribution in [2.75, 3.05) is 0 Å². The third-order valence-corrected chi connectivity index (χ3v) is 4.47. The van der Waals surface area contributed by atoms with Gasteiger partial charge in [-0.05, 0) is 29.3 Å². The maximum atomic E-state index is 10.9. The van der Waals surface area contributed by atoms with E-state index >= 15 is 0 Å². The molecule has 0 atom stereocenters. The summed E-state index contributed by atoms with van der Waals surface area (Å²) in [6, 6.07) is 25.5. The molecule has 3 aromatic rings. The molecule has 2 nitrogen and oxygen atoms in total. The molecule has 0 radical (unpaired) electrons. The zero-order valence-electron chi connectivity index (χ0n) is 13.6. The van der Waals surface area contributed by atoms with E-state index in [1.54, 1.807) is 12.1 Å². The Labute approximate surface area is 165 Å². The fourth-order valence-electron chi connectivity index (χ4n) is 2.05. The molecular weight excluding hydrogens is 444 g/mol. The molecule has 0 spiro atoms. The highest BCUT2D eigenvalue weighted by Crippen LogP contribution is 2.22. The number of hydrogen-bond acceptors (Lipinski definition) is 2. The number of hydrogen-bond donors (Lipinski definition) is 0. The summed E-state index contributed by atoms with van der Waals surface area (Å²) in [7, 11) is 0. The summed E-state index contributed by atoms with van der Waals surface area (Å²) in [5.41, 5.74) is 2.95. The number of alkyl halides is 1. The highest BCUT2D eigenvalue weighted by atomic mass is 79.9. The van der Waals surface area contributed by atoms with Gasteiger partial charge in [-0.15, -0.1) is 0 Å². The van der Waals surface area contributed by atoms with Crippen molar-refractivity contribution in [2.45, 2.75) is 11.9 Å². The number of ether oxygens (including phenoxy) is 1. The van der Waals surface area contributed by atoms with E-state index < -0.39 is 0 Å². The van der Waals surface area contributed by atoms with E-state index in [9.17, 15) is 4.79 Å². The summed E-state index contributed by atoms with van der Waals surface area (Å²) >= 11 is 6.68. The molecule has 0 aliphatic heterocycles. The Morgan fingerprint density at radius 3 is 1.96 bits per heavy atom. The van der Waals surface area contributed by atoms with Crippen LogP contribution in [-0.2, 0) is 11.9 Å². The van der Waals surface area contributed by atoms with Crippen molar-refractivity contribution in [3.63, 3.8) is 0 Å². The lowest BCUT2D eigenvalue weighted by atomic mass is 10.2. The first kappa shape index (κ1) is 19.4. The molecular formula is C21H18Br2O2. The van der Waals surface area contributed by atoms with Crippen molar-refractivity contribution in [1.29, 1.82) is 0 Å². The summed E-state index contributed by atoms with van der Waals surface area (Å²) in [4.78, 5) is 10.9. The lowest BCUT2D eigenvalue weighted by Gasteiger charge is -2.08. The average molecular weight is 462 g/mol. The molecule has 0 saturated heterocycles. The largest absolute Gasteiger partial charge is 0.488 e. The molecule has 0 aliphatic rings. The van der Waals surface area contributed by atoms with Gasteiger partial charge in [0, 0.05) is 9.80 Å². The Morgan fingerprint density at radius 2 is 1.44 bits per heavy atom. The van der Waals surface area contributed by atoms with Gasteiger partial charge in [-0.3, -0.25) is 4.79 Å². The first-order valence-electron chi connectivity index (χ1n) is 7.74. The van der Waals surface area contributed by atoms with Crippen LogP contribution in [0.1, 0.15) is 21.5 Å². The van der Waals surface area contributed by atoms with E-state index in [4.69, 9.17) is 4.74 Å². The maximum Gasteiger partial charge on any atom is 0.153 e. The van der Waals surface area contributed by atoms with Crippen LogP contribution in [0.2, 0.25) is 0 Å². The molecule has 0 bridgehead atoms. The first-order chi connectivity index (χ1) is 12.2. The van der Waals surface area contributed by atoms with Crippen LogP contribution in [0, 0.1) is 0 Å². The van der Waals surface area contributed by atoms with E-state index in [0.717, 1.165) is 21.7 Å². The number of rotatable bonds is 5. The Balaban J connectivity index is 0.000000236. The zero-order valence-corrected chi connectivity index (χ0v) is 16.7. The SMILES string of the molecule is BrCc1ccccc1.O=Cc1cc(Br)ccc1OCc1ccccc1. The second-order valence-electron chi connectivity index (χ2n) is 5.19. The minimum absolute atomic E-state index is 0.462. The van der Waals surface area contributed by atoms with Gasteiger partial charge in [0.2, 0.25) is 0 Å². The lowest BCUT2D eigenvalue weighted by molar-refractivity contribution is 0.111. The average Bonchev–Trinajstić information content (AvgIpc) is 2.69. The summed E-state index contributed by atoms with van der Waals surface area (Å²) in [5, 5.41) is 0.952. The second kappa shape index (κ2) is 10.9. The van der Waals surface area contributed by atoms with Gasteiger partial charge >= 0.3 is 0 Å². The Kier molecular flexibility index (Phi) is 8.43. The van der Waals surface area contributed by atoms with Gasteiger partial charge in [-0.1, -0.05) is 92.5 Å². The van der Waals surface area contributed by atoms with Crippen molar-refractivity contribution < 1.29 is 9.53 Å². The normalized spacial score (nSPS) is 9.68. The van der Waals surface area contributed by atoms with Gasteiger partial charge < -0.3 is 4.74 Å². The van der Waals surface area contributed by atoms with Crippen molar-refractivity contribution in [3.8, 4) is 5.75 Å². The van der Waals surface area contributed by atoms with E-state index in [1.165, 1.54) is 5.56 Å². The third-order valence-electron chi connectivity index (χ3n) is 3.33. The van der Waals surface area contributed by atoms with Crippen LogP contribution in [0.5, 0.6) is 5.75 Å². The monoisotopic (exact) mass is 460 g/mol. The first-order valence-corrected chi connectivity index (χ1v) is 9.65. The number of halogens is 2. The molecule has 0 aromatic heterocycles. The van der Waals surface area contributed by atoms with Gasteiger partial charge in [0.05, 0.1) is 5.56 Å². The van der Waals surface area contributed by atoms with Crippen molar-refractivity contribution in [3.05, 3.63) is 100 Å². The number of benzene rings is 3. The molecule has 0 unspecified atom stereocenters. The summed E-state index contributed by atoms with van der Waals surface area (Å²) < 4.78 is 6.48. The fourth-order valence-corrected chi connectivity index (χ4v) is 2.80. The molecule has 4 heteroatoms. The molecule has 3 rings (SSSR count). The Morgan fingerprint density at radius 1 is 0.840 bits per heavy atom. The number of carbonyl (C=O) groups excluding carboxylic acids is 1. The zero-order chi connectivity index (χ0) is 17.9. The molecule has 128 valence electrons. The van der Waals surface area contributed by atoms with Gasteiger partial charge in [0.1, 0.15) is 12.4 Å². The van der Waals surface area contributed by atoms with Gasteiger partial charge in [0.25, 0.3) is 0 Å². The van der Waals surface area contributed by atoms with E-state index in [2.05, 4.69) is 44.0 Å². The number of aldehydes is 1. The maximum absolute atomic E-state index is 10.9. The Bertz CT molecular complexity index is 774. The van der Waals surface area contributed by atoms with Crippen molar-refractivity contribution in [1.82, 2.24) is 0 Å². The minimum Gasteiger partial charge on any atom is -0.488 e. The lowest BCUT2D eigenvalue weighted by Crippen LogP contribution is -1.97. The van der Waals surface area contributed by atoms with Crippen LogP contribution in [0.4, 0.5) is 0 Å². The summed E-state index contributed by atoms with van der Waals surface area (Å²) in [5.74, 6) is 0.604. The fraction of sp³-hybridized carbons (Fsp3) is 0.0952. The minimum atomic E-state index is 0.462. The topological polar surface area (TPSA) is 26.3 Å². The van der Waals surface area contributed by atoms with Gasteiger partial charge in [0.15, 0.2) is 6.29 Å². The van der Waals surface area contributed by atoms with E-state index in [0.29, 0.717) is 17.9 Å². The van der Waals surface area contributed by atoms with Gasteiger partial charge in [-0.25, -0.2) is 0 Å². The molecule has 0 aliphatic carbocycles. The molecule has 0 fully saturated rings. The molecule has 0 N–H and O–H groups in total. The molecule has 25 heavy (non-hydrogen) atoms. The molecule has 0 heterocycles. The van der Waals surface area contributed by atoms with Crippen LogP contribution in [0.3, 0.4) is 0 Å². The summed E-state index contributed by atoms with van der Waals surface area (Å²) in [6.07, 6.45) is 0.797. The van der Waals surface area contributed by atoms with Crippen LogP contribution >= 0.6 is 31.9 Å². The van der Waals surface area contributed by atoms with E-state index in [1.807, 2.05) is 54.6 Å². The highest BCUT2D eigenvalue weighted by Gasteiger charge is 2.03. The van der Waals surface area contributed by atoms with Crippen LogP contribution in [-0.4, -0.2) is 6.29 Å². The second-order valence-corrected chi connectivity index (χ2v) is 6.67.